The topological polar surface area (TPSA) is 110 Å². The number of carbonyl (C=O) groups excluding carboxylic acids is 1. The van der Waals surface area contributed by atoms with Gasteiger partial charge in [-0.15, -0.1) is 0 Å². The van der Waals surface area contributed by atoms with E-state index in [1.54, 1.807) is 12.4 Å². The standard InChI is InChI=1S/C29H25N7O/c1-17-12-20(15-33-34-17)19-4-6-22(7-5-19)36-28-23(26(35-36)25-10-11-31-16-32-25)8-9-24-18(2)27(37)21(14-30)13-29(24,28)3/h4-7,10-13,15-16,18,24H,8-9H2,1-3H3/t18-,24-,29-/m1/s1. The van der Waals surface area contributed by atoms with E-state index in [0.717, 1.165) is 58.0 Å². The van der Waals surface area contributed by atoms with Crippen LogP contribution in [-0.2, 0) is 16.6 Å². The molecular weight excluding hydrogens is 462 g/mol. The van der Waals surface area contributed by atoms with Crippen molar-refractivity contribution in [2.75, 3.05) is 0 Å². The number of aromatic nitrogens is 6. The van der Waals surface area contributed by atoms with Crippen molar-refractivity contribution in [1.82, 2.24) is 29.9 Å². The van der Waals surface area contributed by atoms with Gasteiger partial charge in [0.2, 0.25) is 0 Å². The summed E-state index contributed by atoms with van der Waals surface area (Å²) < 4.78 is 1.98. The van der Waals surface area contributed by atoms with Crippen molar-refractivity contribution in [3.8, 4) is 34.3 Å². The molecule has 1 aromatic carbocycles. The highest BCUT2D eigenvalue weighted by Gasteiger charge is 2.50. The third-order valence-corrected chi connectivity index (χ3v) is 7.86. The van der Waals surface area contributed by atoms with E-state index >= 15 is 0 Å². The number of benzene rings is 1. The maximum atomic E-state index is 12.9. The number of Topliss-reactive ketones (excluding diaryl/α,β-unsaturated/α-hetero) is 1. The van der Waals surface area contributed by atoms with Gasteiger partial charge in [0.05, 0.1) is 34.5 Å². The zero-order chi connectivity index (χ0) is 25.7. The molecule has 0 bridgehead atoms. The lowest BCUT2D eigenvalue weighted by Gasteiger charge is -2.45. The number of rotatable bonds is 3. The number of ketones is 1. The molecule has 0 unspecified atom stereocenters. The average molecular weight is 488 g/mol. The predicted octanol–water partition coefficient (Wildman–Crippen LogP) is 4.58. The van der Waals surface area contributed by atoms with Crippen molar-refractivity contribution in [3.63, 3.8) is 0 Å². The molecule has 3 heterocycles. The van der Waals surface area contributed by atoms with Crippen molar-refractivity contribution in [2.45, 2.75) is 39.0 Å². The molecule has 37 heavy (non-hydrogen) atoms. The molecule has 0 saturated heterocycles. The molecule has 0 amide bonds. The summed E-state index contributed by atoms with van der Waals surface area (Å²) in [4.78, 5) is 21.5. The van der Waals surface area contributed by atoms with Crippen LogP contribution in [0.2, 0.25) is 0 Å². The van der Waals surface area contributed by atoms with Crippen molar-refractivity contribution in [3.05, 3.63) is 83.7 Å². The fraction of sp³-hybridized carbons (Fsp3) is 0.276. The number of hydrogen-bond donors (Lipinski definition) is 0. The zero-order valence-corrected chi connectivity index (χ0v) is 20.9. The van der Waals surface area contributed by atoms with Gasteiger partial charge in [-0.25, -0.2) is 14.6 Å². The number of nitrogens with zero attached hydrogens (tertiary/aromatic N) is 7. The van der Waals surface area contributed by atoms with E-state index in [2.05, 4.69) is 45.3 Å². The van der Waals surface area contributed by atoms with Crippen molar-refractivity contribution in [1.29, 1.82) is 5.26 Å². The van der Waals surface area contributed by atoms with Gasteiger partial charge in [-0.3, -0.25) is 4.79 Å². The second-order valence-corrected chi connectivity index (χ2v) is 10.1. The molecule has 0 spiro atoms. The van der Waals surface area contributed by atoms with Crippen molar-refractivity contribution >= 4 is 5.78 Å². The molecule has 3 aromatic heterocycles. The SMILES string of the molecule is Cc1cc(-c2ccc(-n3nc(-c4ccncn4)c4c3[C@]3(C)C=C(C#N)C(=O)[C@H](C)[C@H]3CC4)cc2)cnn1. The summed E-state index contributed by atoms with van der Waals surface area (Å²) in [6.07, 6.45) is 8.49. The Balaban J connectivity index is 1.56. The van der Waals surface area contributed by atoms with Crippen LogP contribution in [0.1, 0.15) is 37.2 Å². The highest BCUT2D eigenvalue weighted by molar-refractivity contribution is 6.02. The average Bonchev–Trinajstić information content (AvgIpc) is 3.32. The van der Waals surface area contributed by atoms with E-state index in [9.17, 15) is 10.1 Å². The van der Waals surface area contributed by atoms with Crippen molar-refractivity contribution in [2.24, 2.45) is 11.8 Å². The van der Waals surface area contributed by atoms with Crippen molar-refractivity contribution < 1.29 is 4.79 Å². The van der Waals surface area contributed by atoms with E-state index in [4.69, 9.17) is 5.10 Å². The molecule has 8 nitrogen and oxygen atoms in total. The van der Waals surface area contributed by atoms with Gasteiger partial charge in [0, 0.05) is 28.7 Å². The number of aryl methyl sites for hydroxylation is 1. The largest absolute Gasteiger partial charge is 0.293 e. The summed E-state index contributed by atoms with van der Waals surface area (Å²) >= 11 is 0. The summed E-state index contributed by atoms with van der Waals surface area (Å²) in [7, 11) is 0. The van der Waals surface area contributed by atoms with E-state index in [1.165, 1.54) is 6.33 Å². The third-order valence-electron chi connectivity index (χ3n) is 7.86. The van der Waals surface area contributed by atoms with Gasteiger partial charge in [0.25, 0.3) is 0 Å². The zero-order valence-electron chi connectivity index (χ0n) is 20.9. The molecule has 2 aliphatic rings. The first-order chi connectivity index (χ1) is 17.9. The number of hydrogen-bond acceptors (Lipinski definition) is 7. The fourth-order valence-electron chi connectivity index (χ4n) is 6.10. The smallest absolute Gasteiger partial charge is 0.176 e. The fourth-order valence-corrected chi connectivity index (χ4v) is 6.10. The maximum Gasteiger partial charge on any atom is 0.176 e. The molecule has 0 saturated carbocycles. The molecule has 6 rings (SSSR count). The monoisotopic (exact) mass is 487 g/mol. The summed E-state index contributed by atoms with van der Waals surface area (Å²) in [5.41, 5.74) is 7.17. The Morgan fingerprint density at radius 3 is 2.68 bits per heavy atom. The Labute approximate surface area is 214 Å². The molecule has 2 aliphatic carbocycles. The van der Waals surface area contributed by atoms with Gasteiger partial charge in [0.1, 0.15) is 18.1 Å². The summed E-state index contributed by atoms with van der Waals surface area (Å²) in [5.74, 6) is -0.238. The first-order valence-electron chi connectivity index (χ1n) is 12.4. The Hall–Kier alpha value is -4.51. The van der Waals surface area contributed by atoms with E-state index < -0.39 is 5.41 Å². The van der Waals surface area contributed by atoms with Crippen LogP contribution in [0.3, 0.4) is 0 Å². The van der Waals surface area contributed by atoms with Gasteiger partial charge in [0.15, 0.2) is 5.78 Å². The van der Waals surface area contributed by atoms with Crippen LogP contribution in [0.15, 0.2) is 66.8 Å². The molecular formula is C29H25N7O. The van der Waals surface area contributed by atoms with Crippen LogP contribution in [0.5, 0.6) is 0 Å². The molecule has 0 radical (unpaired) electrons. The van der Waals surface area contributed by atoms with Gasteiger partial charge in [-0.05, 0) is 55.5 Å². The predicted molar refractivity (Wildman–Crippen MR) is 137 cm³/mol. The Morgan fingerprint density at radius 2 is 1.97 bits per heavy atom. The minimum absolute atomic E-state index is 0.0684. The highest BCUT2D eigenvalue weighted by Crippen LogP contribution is 2.52. The van der Waals surface area contributed by atoms with Gasteiger partial charge < -0.3 is 0 Å². The lowest BCUT2D eigenvalue weighted by Crippen LogP contribution is -2.46. The Kier molecular flexibility index (Phi) is 5.30. The number of nitriles is 1. The van der Waals surface area contributed by atoms with Gasteiger partial charge in [-0.2, -0.15) is 20.6 Å². The number of allylic oxidation sites excluding steroid dienone is 2. The van der Waals surface area contributed by atoms with E-state index in [-0.39, 0.29) is 23.2 Å². The van der Waals surface area contributed by atoms with Gasteiger partial charge in [-0.1, -0.05) is 32.1 Å². The molecule has 0 fully saturated rings. The lowest BCUT2D eigenvalue weighted by atomic mass is 9.58. The summed E-state index contributed by atoms with van der Waals surface area (Å²) in [6, 6.07) is 14.2. The quantitative estimate of drug-likeness (QED) is 0.416. The van der Waals surface area contributed by atoms with Crippen LogP contribution in [0, 0.1) is 30.1 Å². The molecule has 182 valence electrons. The Morgan fingerprint density at radius 1 is 1.16 bits per heavy atom. The molecule has 0 N–H and O–H groups in total. The van der Waals surface area contributed by atoms with Crippen LogP contribution in [-0.4, -0.2) is 35.7 Å². The second-order valence-electron chi connectivity index (χ2n) is 10.1. The van der Waals surface area contributed by atoms with Crippen LogP contribution in [0.25, 0.3) is 28.2 Å². The molecule has 4 aromatic rings. The first-order valence-corrected chi connectivity index (χ1v) is 12.4. The van der Waals surface area contributed by atoms with Crippen LogP contribution < -0.4 is 0 Å². The number of carbonyl (C=O) groups is 1. The minimum atomic E-state index is -0.533. The van der Waals surface area contributed by atoms with Crippen LogP contribution >= 0.6 is 0 Å². The van der Waals surface area contributed by atoms with Crippen LogP contribution in [0.4, 0.5) is 0 Å². The summed E-state index contributed by atoms with van der Waals surface area (Å²) in [6.45, 7) is 6.01. The van der Waals surface area contributed by atoms with Gasteiger partial charge >= 0.3 is 0 Å². The molecule has 8 heteroatoms. The number of fused-ring (bicyclic) bond motifs is 3. The normalized spacial score (nSPS) is 22.5. The lowest BCUT2D eigenvalue weighted by molar-refractivity contribution is -0.121. The van der Waals surface area contributed by atoms with E-state index in [1.807, 2.05) is 48.9 Å². The molecule has 3 atom stereocenters. The molecule has 0 aliphatic heterocycles. The minimum Gasteiger partial charge on any atom is -0.293 e. The third kappa shape index (κ3) is 3.58. The first kappa shape index (κ1) is 22.9. The second kappa shape index (κ2) is 8.56. The van der Waals surface area contributed by atoms with E-state index in [0.29, 0.717) is 0 Å². The summed E-state index contributed by atoms with van der Waals surface area (Å²) in [5, 5.41) is 23.0. The maximum absolute atomic E-state index is 12.9. The highest BCUT2D eigenvalue weighted by atomic mass is 16.1. The Bertz CT molecular complexity index is 1600.